The molecule has 0 bridgehead atoms. The van der Waals surface area contributed by atoms with Crippen molar-refractivity contribution in [1.82, 2.24) is 14.9 Å². The lowest BCUT2D eigenvalue weighted by Crippen LogP contribution is -2.28. The topological polar surface area (TPSA) is 46.9 Å². The number of rotatable bonds is 5. The number of hydrogen-bond acceptors (Lipinski definition) is 2. The van der Waals surface area contributed by atoms with Crippen LogP contribution in [0.25, 0.3) is 0 Å². The second-order valence-electron chi connectivity index (χ2n) is 3.97. The van der Waals surface area contributed by atoms with Crippen LogP contribution < -0.4 is 5.32 Å². The largest absolute Gasteiger partial charge is 0.354 e. The lowest BCUT2D eigenvalue weighted by atomic mass is 10.2. The van der Waals surface area contributed by atoms with Gasteiger partial charge in [0.15, 0.2) is 5.38 Å². The van der Waals surface area contributed by atoms with E-state index >= 15 is 0 Å². The van der Waals surface area contributed by atoms with Gasteiger partial charge in [0.05, 0.1) is 18.2 Å². The van der Waals surface area contributed by atoms with Gasteiger partial charge in [-0.2, -0.15) is 0 Å². The van der Waals surface area contributed by atoms with Crippen molar-refractivity contribution in [2.75, 3.05) is 6.54 Å². The minimum atomic E-state index is -0.670. The predicted octanol–water partition coefficient (Wildman–Crippen LogP) is 2.27. The molecular weight excluding hydrogens is 226 g/mol. The zero-order valence-electron chi connectivity index (χ0n) is 9.90. The van der Waals surface area contributed by atoms with Crippen molar-refractivity contribution in [3.63, 3.8) is 0 Å². The van der Waals surface area contributed by atoms with Crippen molar-refractivity contribution in [3.05, 3.63) is 18.2 Å². The monoisotopic (exact) mass is 243 g/mol. The molecule has 0 spiro atoms. The minimum absolute atomic E-state index is 0.161. The van der Waals surface area contributed by atoms with E-state index in [0.29, 0.717) is 6.54 Å². The van der Waals surface area contributed by atoms with E-state index in [-0.39, 0.29) is 11.9 Å². The number of imidazole rings is 1. The Bertz CT molecular complexity index is 349. The van der Waals surface area contributed by atoms with Gasteiger partial charge in [-0.15, -0.1) is 11.6 Å². The van der Waals surface area contributed by atoms with Crippen LogP contribution >= 0.6 is 11.6 Å². The van der Waals surface area contributed by atoms with Gasteiger partial charge in [0, 0.05) is 12.6 Å². The molecule has 0 fully saturated rings. The van der Waals surface area contributed by atoms with Gasteiger partial charge in [-0.25, -0.2) is 4.98 Å². The molecule has 0 aliphatic carbocycles. The van der Waals surface area contributed by atoms with Crippen LogP contribution in [0.5, 0.6) is 0 Å². The molecular formula is C11H18ClN3O. The van der Waals surface area contributed by atoms with E-state index in [1.54, 1.807) is 12.5 Å². The first kappa shape index (κ1) is 13.0. The van der Waals surface area contributed by atoms with Crippen LogP contribution in [0.1, 0.15) is 44.3 Å². The van der Waals surface area contributed by atoms with Crippen molar-refractivity contribution >= 4 is 17.5 Å². The highest BCUT2D eigenvalue weighted by atomic mass is 35.5. The molecule has 0 aliphatic rings. The second-order valence-corrected chi connectivity index (χ2v) is 4.41. The Kier molecular flexibility index (Phi) is 4.80. The average Bonchev–Trinajstić information content (AvgIpc) is 2.73. The number of carbonyl (C=O) groups is 1. The summed E-state index contributed by atoms with van der Waals surface area (Å²) in [6, 6.07) is 0.248. The maximum atomic E-state index is 11.7. The molecule has 1 unspecified atom stereocenters. The Labute approximate surface area is 101 Å². The number of alkyl halides is 1. The summed E-state index contributed by atoms with van der Waals surface area (Å²) in [5, 5.41) is 2.10. The molecule has 4 nitrogen and oxygen atoms in total. The van der Waals surface area contributed by atoms with Crippen LogP contribution in [0.15, 0.2) is 12.5 Å². The van der Waals surface area contributed by atoms with Crippen LogP contribution in [-0.2, 0) is 4.79 Å². The van der Waals surface area contributed by atoms with Crippen molar-refractivity contribution in [2.45, 2.75) is 38.6 Å². The second kappa shape index (κ2) is 5.89. The Morgan fingerprint density at radius 1 is 1.62 bits per heavy atom. The molecule has 0 saturated carbocycles. The Morgan fingerprint density at radius 3 is 2.88 bits per heavy atom. The van der Waals surface area contributed by atoms with Gasteiger partial charge in [0.2, 0.25) is 5.91 Å². The molecule has 16 heavy (non-hydrogen) atoms. The summed E-state index contributed by atoms with van der Waals surface area (Å²) in [4.78, 5) is 15.7. The molecule has 1 aromatic heterocycles. The summed E-state index contributed by atoms with van der Waals surface area (Å²) in [6.07, 6.45) is 4.24. The van der Waals surface area contributed by atoms with Gasteiger partial charge < -0.3 is 9.88 Å². The molecule has 0 aromatic carbocycles. The van der Waals surface area contributed by atoms with Crippen molar-refractivity contribution in [3.8, 4) is 0 Å². The first-order valence-electron chi connectivity index (χ1n) is 5.51. The molecule has 1 heterocycles. The summed E-state index contributed by atoms with van der Waals surface area (Å²) in [5.41, 5.74) is 0.741. The molecule has 5 heteroatoms. The SMILES string of the molecule is CCCNC(=O)C(Cl)c1cncn1C(C)C. The van der Waals surface area contributed by atoms with Crippen LogP contribution in [0.2, 0.25) is 0 Å². The summed E-state index contributed by atoms with van der Waals surface area (Å²) in [6.45, 7) is 6.71. The number of halogens is 1. The van der Waals surface area contributed by atoms with Crippen LogP contribution in [0.3, 0.4) is 0 Å². The molecule has 1 N–H and O–H groups in total. The standard InChI is InChI=1S/C11H18ClN3O/c1-4-5-14-11(16)10(12)9-6-13-7-15(9)8(2)3/h6-8,10H,4-5H2,1-3H3,(H,14,16). The number of nitrogens with one attached hydrogen (secondary N) is 1. The lowest BCUT2D eigenvalue weighted by Gasteiger charge is -2.15. The Morgan fingerprint density at radius 2 is 2.31 bits per heavy atom. The molecule has 0 aliphatic heterocycles. The first-order chi connectivity index (χ1) is 7.57. The Hall–Kier alpha value is -1.03. The first-order valence-corrected chi connectivity index (χ1v) is 5.95. The van der Waals surface area contributed by atoms with E-state index < -0.39 is 5.38 Å². The summed E-state index contributed by atoms with van der Waals surface area (Å²) in [7, 11) is 0. The van der Waals surface area contributed by atoms with E-state index in [4.69, 9.17) is 11.6 Å². The van der Waals surface area contributed by atoms with Crippen LogP contribution in [0, 0.1) is 0 Å². The van der Waals surface area contributed by atoms with Gasteiger partial charge in [-0.05, 0) is 20.3 Å². The van der Waals surface area contributed by atoms with Gasteiger partial charge in [0.1, 0.15) is 0 Å². The van der Waals surface area contributed by atoms with Crippen LogP contribution in [0.4, 0.5) is 0 Å². The normalized spacial score (nSPS) is 12.8. The predicted molar refractivity (Wildman–Crippen MR) is 64.5 cm³/mol. The quantitative estimate of drug-likeness (QED) is 0.807. The van der Waals surface area contributed by atoms with Crippen molar-refractivity contribution in [2.24, 2.45) is 0 Å². The molecule has 0 radical (unpaired) electrons. The van der Waals surface area contributed by atoms with Crippen LogP contribution in [-0.4, -0.2) is 22.0 Å². The molecule has 0 saturated heterocycles. The summed E-state index contributed by atoms with van der Waals surface area (Å²) < 4.78 is 1.91. The van der Waals surface area contributed by atoms with Crippen molar-refractivity contribution < 1.29 is 4.79 Å². The smallest absolute Gasteiger partial charge is 0.244 e. The zero-order chi connectivity index (χ0) is 12.1. The maximum absolute atomic E-state index is 11.7. The summed E-state index contributed by atoms with van der Waals surface area (Å²) in [5.74, 6) is -0.161. The average molecular weight is 244 g/mol. The lowest BCUT2D eigenvalue weighted by molar-refractivity contribution is -0.120. The van der Waals surface area contributed by atoms with E-state index in [9.17, 15) is 4.79 Å². The third-order valence-corrected chi connectivity index (χ3v) is 2.71. The number of carbonyl (C=O) groups excluding carboxylic acids is 1. The summed E-state index contributed by atoms with van der Waals surface area (Å²) >= 11 is 6.11. The third kappa shape index (κ3) is 2.98. The minimum Gasteiger partial charge on any atom is -0.354 e. The van der Waals surface area contributed by atoms with Gasteiger partial charge >= 0.3 is 0 Å². The number of hydrogen-bond donors (Lipinski definition) is 1. The van der Waals surface area contributed by atoms with Gasteiger partial charge in [-0.1, -0.05) is 6.92 Å². The third-order valence-electron chi connectivity index (χ3n) is 2.29. The number of nitrogens with zero attached hydrogens (tertiary/aromatic N) is 2. The highest BCUT2D eigenvalue weighted by molar-refractivity contribution is 6.30. The zero-order valence-corrected chi connectivity index (χ0v) is 10.7. The molecule has 90 valence electrons. The fourth-order valence-electron chi connectivity index (χ4n) is 1.41. The van der Waals surface area contributed by atoms with E-state index in [0.717, 1.165) is 12.1 Å². The number of aromatic nitrogens is 2. The molecule has 1 aromatic rings. The fourth-order valence-corrected chi connectivity index (χ4v) is 1.66. The van der Waals surface area contributed by atoms with Gasteiger partial charge in [-0.3, -0.25) is 4.79 Å². The fraction of sp³-hybridized carbons (Fsp3) is 0.636. The molecule has 1 atom stereocenters. The Balaban J connectivity index is 2.75. The highest BCUT2D eigenvalue weighted by Crippen LogP contribution is 2.22. The number of amides is 1. The van der Waals surface area contributed by atoms with E-state index in [1.165, 1.54) is 0 Å². The van der Waals surface area contributed by atoms with Crippen molar-refractivity contribution in [1.29, 1.82) is 0 Å². The van der Waals surface area contributed by atoms with E-state index in [2.05, 4.69) is 10.3 Å². The van der Waals surface area contributed by atoms with E-state index in [1.807, 2.05) is 25.3 Å². The molecule has 1 rings (SSSR count). The maximum Gasteiger partial charge on any atom is 0.244 e. The van der Waals surface area contributed by atoms with Gasteiger partial charge in [0.25, 0.3) is 0 Å². The highest BCUT2D eigenvalue weighted by Gasteiger charge is 2.21. The molecule has 1 amide bonds.